The Morgan fingerprint density at radius 2 is 1.88 bits per heavy atom. The average molecular weight is 501 g/mol. The number of nitro benzene ring substituents is 1. The number of rotatable bonds is 8. The first-order chi connectivity index (χ1) is 15.5. The largest absolute Gasteiger partial charge is 0.465 e. The maximum absolute atomic E-state index is 11.4. The van der Waals surface area contributed by atoms with E-state index in [0.29, 0.717) is 26.2 Å². The van der Waals surface area contributed by atoms with E-state index in [1.807, 2.05) is 4.90 Å². The van der Waals surface area contributed by atoms with Crippen LogP contribution in [0.1, 0.15) is 6.92 Å². The Bertz CT molecular complexity index is 1070. The molecule has 0 aliphatic carbocycles. The molecule has 1 saturated heterocycles. The molecular formula is C18H21ClN6O7S. The van der Waals surface area contributed by atoms with Crippen molar-refractivity contribution in [2.24, 2.45) is 0 Å². The van der Waals surface area contributed by atoms with Crippen LogP contribution in [0.2, 0.25) is 5.02 Å². The highest BCUT2D eigenvalue weighted by Crippen LogP contribution is 2.40. The normalized spacial score (nSPS) is 16.4. The number of amides is 1. The van der Waals surface area contributed by atoms with Crippen LogP contribution in [0.4, 0.5) is 16.3 Å². The van der Waals surface area contributed by atoms with Crippen molar-refractivity contribution in [2.75, 3.05) is 32.7 Å². The third-order valence-electron chi connectivity index (χ3n) is 4.97. The molecule has 2 aromatic rings. The van der Waals surface area contributed by atoms with E-state index in [4.69, 9.17) is 16.7 Å². The third-order valence-corrected chi connectivity index (χ3v) is 6.54. The van der Waals surface area contributed by atoms with E-state index in [-0.39, 0.29) is 33.9 Å². The summed E-state index contributed by atoms with van der Waals surface area (Å²) in [5, 5.41) is 42.9. The predicted molar refractivity (Wildman–Crippen MR) is 118 cm³/mol. The van der Waals surface area contributed by atoms with Crippen LogP contribution in [-0.2, 0) is 6.54 Å². The summed E-state index contributed by atoms with van der Waals surface area (Å²) in [7, 11) is 0. The zero-order valence-corrected chi connectivity index (χ0v) is 19.0. The van der Waals surface area contributed by atoms with Crippen LogP contribution in [0.5, 0.6) is 0 Å². The van der Waals surface area contributed by atoms with E-state index >= 15 is 0 Å². The van der Waals surface area contributed by atoms with Gasteiger partial charge in [-0.2, -0.15) is 0 Å². The van der Waals surface area contributed by atoms with Gasteiger partial charge in [0.15, 0.2) is 0 Å². The zero-order valence-electron chi connectivity index (χ0n) is 17.5. The summed E-state index contributed by atoms with van der Waals surface area (Å²) in [5.41, 5.74) is -1.63. The Hall–Kier alpha value is -2.94. The first-order valence-corrected chi connectivity index (χ1v) is 10.9. The third kappa shape index (κ3) is 6.10. The van der Waals surface area contributed by atoms with Crippen molar-refractivity contribution < 1.29 is 24.9 Å². The zero-order chi connectivity index (χ0) is 24.3. The number of β-amino-alcohol motifs (C(OH)–C–C–N with tert-alkyl or cyclic N) is 1. The lowest BCUT2D eigenvalue weighted by atomic mass is 10.1. The van der Waals surface area contributed by atoms with E-state index in [2.05, 4.69) is 4.98 Å². The number of nitrogens with zero attached hydrogens (tertiary/aromatic N) is 6. The number of halogens is 1. The van der Waals surface area contributed by atoms with Gasteiger partial charge in [0.2, 0.25) is 0 Å². The van der Waals surface area contributed by atoms with Gasteiger partial charge >= 0.3 is 11.9 Å². The van der Waals surface area contributed by atoms with Crippen molar-refractivity contribution >= 4 is 41.0 Å². The van der Waals surface area contributed by atoms with Gasteiger partial charge < -0.3 is 25.2 Å². The Kier molecular flexibility index (Phi) is 7.41. The minimum absolute atomic E-state index is 0.0638. The van der Waals surface area contributed by atoms with Crippen LogP contribution in [0, 0.1) is 20.2 Å². The lowest BCUT2D eigenvalue weighted by Crippen LogP contribution is -2.53. The number of aromatic nitrogens is 2. The number of piperazine rings is 1. The molecule has 2 heterocycles. The Morgan fingerprint density at radius 3 is 2.45 bits per heavy atom. The van der Waals surface area contributed by atoms with E-state index < -0.39 is 27.4 Å². The lowest BCUT2D eigenvalue weighted by Gasteiger charge is -2.37. The Morgan fingerprint density at radius 1 is 1.21 bits per heavy atom. The SMILES string of the molecule is CC(O)(CN1CCN(C(=O)O)CC1)Cn1cc([N+](=O)[O-])nc1Sc1c(Cl)cccc1[N+](=O)[O-]. The number of hydrogen-bond acceptors (Lipinski definition) is 9. The molecule has 1 aromatic carbocycles. The number of carbonyl (C=O) groups is 1. The number of aliphatic hydroxyl groups is 1. The van der Waals surface area contributed by atoms with Crippen LogP contribution in [0.15, 0.2) is 34.4 Å². The molecule has 1 atom stereocenters. The molecule has 13 nitrogen and oxygen atoms in total. The molecule has 33 heavy (non-hydrogen) atoms. The highest BCUT2D eigenvalue weighted by Gasteiger charge is 2.32. The molecule has 0 bridgehead atoms. The van der Waals surface area contributed by atoms with E-state index in [1.54, 1.807) is 6.92 Å². The van der Waals surface area contributed by atoms with E-state index in [9.17, 15) is 30.1 Å². The number of nitro groups is 2. The smallest absolute Gasteiger partial charge is 0.407 e. The molecule has 1 aromatic heterocycles. The monoisotopic (exact) mass is 500 g/mol. The van der Waals surface area contributed by atoms with Gasteiger partial charge in [0.1, 0.15) is 11.1 Å². The van der Waals surface area contributed by atoms with Crippen LogP contribution in [-0.4, -0.2) is 83.8 Å². The van der Waals surface area contributed by atoms with Gasteiger partial charge in [0.05, 0.1) is 22.1 Å². The number of carboxylic acid groups (broad SMARTS) is 1. The summed E-state index contributed by atoms with van der Waals surface area (Å²) in [6.45, 7) is 3.11. The fourth-order valence-electron chi connectivity index (χ4n) is 3.50. The molecule has 1 aliphatic heterocycles. The first-order valence-electron chi connectivity index (χ1n) is 9.72. The topological polar surface area (TPSA) is 168 Å². The van der Waals surface area contributed by atoms with Gasteiger partial charge in [-0.1, -0.05) is 17.7 Å². The van der Waals surface area contributed by atoms with Crippen LogP contribution in [0.3, 0.4) is 0 Å². The highest BCUT2D eigenvalue weighted by molar-refractivity contribution is 7.99. The molecule has 178 valence electrons. The summed E-state index contributed by atoms with van der Waals surface area (Å²) < 4.78 is 1.36. The van der Waals surface area contributed by atoms with Crippen molar-refractivity contribution in [1.29, 1.82) is 0 Å². The van der Waals surface area contributed by atoms with Crippen LogP contribution in [0.25, 0.3) is 0 Å². The maximum atomic E-state index is 11.4. The summed E-state index contributed by atoms with van der Waals surface area (Å²) in [6, 6.07) is 4.16. The molecule has 1 amide bonds. The van der Waals surface area contributed by atoms with Crippen molar-refractivity contribution in [3.63, 3.8) is 0 Å². The Labute approximate surface area is 196 Å². The molecule has 15 heteroatoms. The summed E-state index contributed by atoms with van der Waals surface area (Å²) in [4.78, 5) is 39.7. The number of benzene rings is 1. The van der Waals surface area contributed by atoms with Crippen molar-refractivity contribution in [3.8, 4) is 0 Å². The molecule has 1 fully saturated rings. The first kappa shape index (κ1) is 24.7. The number of imidazole rings is 1. The summed E-state index contributed by atoms with van der Waals surface area (Å²) >= 11 is 6.94. The van der Waals surface area contributed by atoms with Crippen molar-refractivity contribution in [3.05, 3.63) is 49.6 Å². The Balaban J connectivity index is 1.82. The standard InChI is InChI=1S/C18H21ClN6O7S/c1-18(28,10-21-5-7-22(8-6-21)17(26)27)11-23-9-14(25(31)32)20-16(23)33-15-12(19)3-2-4-13(15)24(29)30/h2-4,9,28H,5-8,10-11H2,1H3,(H,26,27). The van der Waals surface area contributed by atoms with Gasteiger partial charge in [0, 0.05) is 38.8 Å². The summed E-state index contributed by atoms with van der Waals surface area (Å²) in [5.74, 6) is -0.474. The molecule has 0 radical (unpaired) electrons. The fourth-order valence-corrected chi connectivity index (χ4v) is 4.75. The second-order valence-corrected chi connectivity index (χ2v) is 9.14. The van der Waals surface area contributed by atoms with Gasteiger partial charge in [0.25, 0.3) is 10.8 Å². The fraction of sp³-hybridized carbons (Fsp3) is 0.444. The molecule has 2 N–H and O–H groups in total. The van der Waals surface area contributed by atoms with Crippen LogP contribution >= 0.6 is 23.4 Å². The quantitative estimate of drug-likeness (QED) is 0.405. The molecular weight excluding hydrogens is 480 g/mol. The molecule has 1 unspecified atom stereocenters. The minimum atomic E-state index is -1.36. The number of hydrogen-bond donors (Lipinski definition) is 2. The minimum Gasteiger partial charge on any atom is -0.465 e. The molecule has 0 spiro atoms. The average Bonchev–Trinajstić information content (AvgIpc) is 3.11. The van der Waals surface area contributed by atoms with E-state index in [0.717, 1.165) is 18.0 Å². The molecule has 0 saturated carbocycles. The van der Waals surface area contributed by atoms with Crippen molar-refractivity contribution in [2.45, 2.75) is 29.1 Å². The highest BCUT2D eigenvalue weighted by atomic mass is 35.5. The maximum Gasteiger partial charge on any atom is 0.407 e. The molecule has 1 aliphatic rings. The lowest BCUT2D eigenvalue weighted by molar-refractivity contribution is -0.389. The molecule has 3 rings (SSSR count). The van der Waals surface area contributed by atoms with Crippen molar-refractivity contribution in [1.82, 2.24) is 19.4 Å². The van der Waals surface area contributed by atoms with Crippen LogP contribution < -0.4 is 0 Å². The van der Waals surface area contributed by atoms with Gasteiger partial charge in [-0.3, -0.25) is 19.6 Å². The van der Waals surface area contributed by atoms with Gasteiger partial charge in [-0.25, -0.2) is 4.79 Å². The predicted octanol–water partition coefficient (Wildman–Crippen LogP) is 2.55. The van der Waals surface area contributed by atoms with Gasteiger partial charge in [-0.05, 0) is 34.7 Å². The van der Waals surface area contributed by atoms with Gasteiger partial charge in [-0.15, -0.1) is 0 Å². The second-order valence-electron chi connectivity index (χ2n) is 7.76. The van der Waals surface area contributed by atoms with E-state index in [1.165, 1.54) is 27.7 Å². The second kappa shape index (κ2) is 9.91. The summed E-state index contributed by atoms with van der Waals surface area (Å²) in [6.07, 6.45) is 0.157.